The van der Waals surface area contributed by atoms with Gasteiger partial charge in [0.2, 0.25) is 5.88 Å². The number of alkyl halides is 2. The lowest BCUT2D eigenvalue weighted by molar-refractivity contribution is 0.00327. The van der Waals surface area contributed by atoms with E-state index < -0.39 is 5.92 Å². The molecule has 2 fully saturated rings. The topological polar surface area (TPSA) is 87.6 Å². The molecule has 0 saturated carbocycles. The van der Waals surface area contributed by atoms with Crippen molar-refractivity contribution in [3.63, 3.8) is 0 Å². The van der Waals surface area contributed by atoms with Gasteiger partial charge in [-0.2, -0.15) is 0 Å². The Balaban J connectivity index is 1.10. The number of halogens is 2. The second-order valence-electron chi connectivity index (χ2n) is 12.1. The summed E-state index contributed by atoms with van der Waals surface area (Å²) in [6, 6.07) is 13.9. The highest BCUT2D eigenvalue weighted by Crippen LogP contribution is 2.34. The molecule has 44 heavy (non-hydrogen) atoms. The molecule has 228 valence electrons. The molecule has 0 bridgehead atoms. The summed E-state index contributed by atoms with van der Waals surface area (Å²) in [5.41, 5.74) is 6.57. The molecule has 3 aliphatic rings. The first-order valence-corrected chi connectivity index (χ1v) is 15.2. The number of hydrogen-bond acceptors (Lipinski definition) is 8. The van der Waals surface area contributed by atoms with Crippen molar-refractivity contribution in [2.24, 2.45) is 0 Å². The Labute approximate surface area is 254 Å². The number of carbonyl (C=O) groups is 1. The van der Waals surface area contributed by atoms with Crippen molar-refractivity contribution in [1.82, 2.24) is 30.0 Å². The average Bonchev–Trinajstić information content (AvgIpc) is 3.43. The zero-order valence-electron chi connectivity index (χ0n) is 25.0. The van der Waals surface area contributed by atoms with Gasteiger partial charge in [0.1, 0.15) is 12.1 Å². The van der Waals surface area contributed by atoms with Gasteiger partial charge in [-0.25, -0.2) is 18.7 Å². The molecule has 1 amide bonds. The molecule has 0 radical (unpaired) electrons. The molecule has 3 aliphatic heterocycles. The maximum atomic E-state index is 13.7. The molecule has 11 heteroatoms. The van der Waals surface area contributed by atoms with Gasteiger partial charge < -0.3 is 14.5 Å². The highest BCUT2D eigenvalue weighted by Gasteiger charge is 2.41. The summed E-state index contributed by atoms with van der Waals surface area (Å²) >= 11 is 0. The lowest BCUT2D eigenvalue weighted by Crippen LogP contribution is -2.46. The van der Waals surface area contributed by atoms with Gasteiger partial charge in [0, 0.05) is 67.8 Å². The standard InChI is InChI=1S/C33H35F2N7O2/c1-21-15-24(28-5-6-29(44-2)39-38-28)17-27-30(21)36-20-37-31(27)41-11-7-22-3-4-23(16-25(22)18-41)32(43)40-12-8-26(9-13-40)42-14-10-33(34,35)19-42/h3-6,15-17,20,26H,7-14,18-19H2,1-2H3. The molecule has 0 atom stereocenters. The molecule has 4 aromatic rings. The van der Waals surface area contributed by atoms with Gasteiger partial charge in [0.15, 0.2) is 0 Å². The average molecular weight is 600 g/mol. The number of amides is 1. The van der Waals surface area contributed by atoms with Crippen molar-refractivity contribution in [3.05, 3.63) is 71.0 Å². The Morgan fingerprint density at radius 1 is 0.977 bits per heavy atom. The van der Waals surface area contributed by atoms with Crippen LogP contribution in [0.2, 0.25) is 0 Å². The molecule has 0 unspecified atom stereocenters. The number of carbonyl (C=O) groups excluding carboxylic acids is 1. The van der Waals surface area contributed by atoms with Crippen LogP contribution in [-0.2, 0) is 13.0 Å². The van der Waals surface area contributed by atoms with E-state index >= 15 is 0 Å². The fourth-order valence-electron chi connectivity index (χ4n) is 6.88. The van der Waals surface area contributed by atoms with E-state index in [1.54, 1.807) is 19.5 Å². The third-order valence-electron chi connectivity index (χ3n) is 9.29. The number of nitrogens with zero attached hydrogens (tertiary/aromatic N) is 7. The van der Waals surface area contributed by atoms with Crippen LogP contribution in [0.1, 0.15) is 46.3 Å². The first-order chi connectivity index (χ1) is 21.3. The number of rotatable bonds is 5. The van der Waals surface area contributed by atoms with E-state index in [-0.39, 0.29) is 24.9 Å². The number of aryl methyl sites for hydroxylation is 1. The summed E-state index contributed by atoms with van der Waals surface area (Å²) in [7, 11) is 1.56. The Morgan fingerprint density at radius 2 is 1.82 bits per heavy atom. The molecule has 7 rings (SSSR count). The second-order valence-corrected chi connectivity index (χ2v) is 12.1. The predicted molar refractivity (Wildman–Crippen MR) is 163 cm³/mol. The van der Waals surface area contributed by atoms with Crippen LogP contribution in [0, 0.1) is 6.92 Å². The van der Waals surface area contributed by atoms with Crippen molar-refractivity contribution in [2.45, 2.75) is 51.1 Å². The van der Waals surface area contributed by atoms with Gasteiger partial charge in [-0.15, -0.1) is 10.2 Å². The van der Waals surface area contributed by atoms with Crippen molar-refractivity contribution in [3.8, 4) is 17.1 Å². The monoisotopic (exact) mass is 599 g/mol. The van der Waals surface area contributed by atoms with Gasteiger partial charge in [-0.05, 0) is 73.2 Å². The molecule has 0 spiro atoms. The lowest BCUT2D eigenvalue weighted by atomic mass is 9.95. The molecule has 2 saturated heterocycles. The Bertz CT molecular complexity index is 1710. The minimum Gasteiger partial charge on any atom is -0.480 e. The highest BCUT2D eigenvalue weighted by atomic mass is 19.3. The van der Waals surface area contributed by atoms with Crippen LogP contribution in [0.25, 0.3) is 22.2 Å². The maximum absolute atomic E-state index is 13.7. The summed E-state index contributed by atoms with van der Waals surface area (Å²) in [5, 5.41) is 9.40. The van der Waals surface area contributed by atoms with Crippen LogP contribution in [0.4, 0.5) is 14.6 Å². The zero-order valence-corrected chi connectivity index (χ0v) is 25.0. The summed E-state index contributed by atoms with van der Waals surface area (Å²) in [5.74, 6) is -1.28. The van der Waals surface area contributed by atoms with Crippen LogP contribution in [0.15, 0.2) is 48.8 Å². The molecule has 2 aromatic heterocycles. The first kappa shape index (κ1) is 28.5. The summed E-state index contributed by atoms with van der Waals surface area (Å²) in [6.45, 7) is 4.90. The fourth-order valence-corrected chi connectivity index (χ4v) is 6.88. The predicted octanol–water partition coefficient (Wildman–Crippen LogP) is 4.91. The Kier molecular flexibility index (Phi) is 7.36. The Morgan fingerprint density at radius 3 is 2.55 bits per heavy atom. The van der Waals surface area contributed by atoms with Crippen LogP contribution >= 0.6 is 0 Å². The van der Waals surface area contributed by atoms with Crippen molar-refractivity contribution >= 4 is 22.6 Å². The van der Waals surface area contributed by atoms with E-state index in [1.165, 1.54) is 5.56 Å². The van der Waals surface area contributed by atoms with E-state index in [2.05, 4.69) is 38.3 Å². The van der Waals surface area contributed by atoms with Gasteiger partial charge in [0.25, 0.3) is 11.8 Å². The molecule has 5 heterocycles. The quantitative estimate of drug-likeness (QED) is 0.320. The number of hydrogen-bond donors (Lipinski definition) is 0. The van der Waals surface area contributed by atoms with Gasteiger partial charge in [-0.1, -0.05) is 6.07 Å². The normalized spacial score (nSPS) is 18.9. The van der Waals surface area contributed by atoms with E-state index in [9.17, 15) is 13.6 Å². The van der Waals surface area contributed by atoms with Crippen LogP contribution in [0.3, 0.4) is 0 Å². The van der Waals surface area contributed by atoms with Crippen LogP contribution < -0.4 is 9.64 Å². The van der Waals surface area contributed by atoms with Crippen LogP contribution in [0.5, 0.6) is 5.88 Å². The van der Waals surface area contributed by atoms with E-state index in [4.69, 9.17) is 9.72 Å². The van der Waals surface area contributed by atoms with Gasteiger partial charge >= 0.3 is 0 Å². The van der Waals surface area contributed by atoms with E-state index in [0.29, 0.717) is 37.6 Å². The first-order valence-electron chi connectivity index (χ1n) is 15.2. The number of aromatic nitrogens is 4. The largest absolute Gasteiger partial charge is 0.480 e. The van der Waals surface area contributed by atoms with Crippen molar-refractivity contribution in [1.29, 1.82) is 0 Å². The fraction of sp³-hybridized carbons (Fsp3) is 0.424. The molecular formula is C33H35F2N7O2. The second kappa shape index (κ2) is 11.4. The Hall–Kier alpha value is -4.25. The number of piperidine rings is 1. The third kappa shape index (κ3) is 5.45. The molecule has 0 N–H and O–H groups in total. The third-order valence-corrected chi connectivity index (χ3v) is 9.29. The van der Waals surface area contributed by atoms with Gasteiger partial charge in [0.05, 0.1) is 24.9 Å². The van der Waals surface area contributed by atoms with Crippen molar-refractivity contribution in [2.75, 3.05) is 44.7 Å². The van der Waals surface area contributed by atoms with Crippen molar-refractivity contribution < 1.29 is 18.3 Å². The summed E-state index contributed by atoms with van der Waals surface area (Å²) in [4.78, 5) is 28.9. The van der Waals surface area contributed by atoms with Gasteiger partial charge in [-0.3, -0.25) is 9.69 Å². The van der Waals surface area contributed by atoms with E-state index in [1.807, 2.05) is 34.9 Å². The van der Waals surface area contributed by atoms with Crippen LogP contribution in [-0.4, -0.2) is 87.7 Å². The lowest BCUT2D eigenvalue weighted by Gasteiger charge is -2.37. The smallest absolute Gasteiger partial charge is 0.261 e. The number of benzene rings is 2. The molecular weight excluding hydrogens is 564 g/mol. The minimum absolute atomic E-state index is 0.00322. The SMILES string of the molecule is COc1ccc(-c2cc(C)c3ncnc(N4CCc5ccc(C(=O)N6CCC(N7CCC(F)(F)C7)CC6)cc5C4)c3c2)nn1. The minimum atomic E-state index is -2.59. The number of anilines is 1. The number of ether oxygens (including phenoxy) is 1. The number of fused-ring (bicyclic) bond motifs is 2. The summed E-state index contributed by atoms with van der Waals surface area (Å²) < 4.78 is 32.6. The highest BCUT2D eigenvalue weighted by molar-refractivity contribution is 5.96. The maximum Gasteiger partial charge on any atom is 0.261 e. The molecule has 2 aromatic carbocycles. The molecule has 9 nitrogen and oxygen atoms in total. The van der Waals surface area contributed by atoms with E-state index in [0.717, 1.165) is 64.9 Å². The molecule has 0 aliphatic carbocycles. The number of methoxy groups -OCH3 is 1. The zero-order chi connectivity index (χ0) is 30.4. The summed E-state index contributed by atoms with van der Waals surface area (Å²) in [6.07, 6.45) is 3.83. The number of likely N-dealkylation sites (tertiary alicyclic amines) is 2.